The summed E-state index contributed by atoms with van der Waals surface area (Å²) in [6.07, 6.45) is 0. The predicted molar refractivity (Wildman–Crippen MR) is 90.0 cm³/mol. The number of nitrogens with one attached hydrogen (secondary N) is 1. The molecule has 2 nitrogen and oxygen atoms in total. The highest BCUT2D eigenvalue weighted by atomic mass is 16.5. The Morgan fingerprint density at radius 2 is 1.81 bits per heavy atom. The minimum atomic E-state index is 0.543. The van der Waals surface area contributed by atoms with Gasteiger partial charge in [0, 0.05) is 12.2 Å². The normalized spacial score (nSPS) is 10.7. The topological polar surface area (TPSA) is 21.3 Å². The second kappa shape index (κ2) is 7.16. The van der Waals surface area contributed by atoms with Gasteiger partial charge in [-0.3, -0.25) is 0 Å². The van der Waals surface area contributed by atoms with Gasteiger partial charge in [-0.05, 0) is 54.7 Å². The maximum atomic E-state index is 5.78. The molecule has 0 aliphatic carbocycles. The first-order valence-corrected chi connectivity index (χ1v) is 7.58. The zero-order valence-electron chi connectivity index (χ0n) is 13.4. The summed E-state index contributed by atoms with van der Waals surface area (Å²) < 4.78 is 5.78. The predicted octanol–water partition coefficient (Wildman–Crippen LogP) is 4.95. The van der Waals surface area contributed by atoms with Gasteiger partial charge in [0.05, 0.1) is 6.61 Å². The molecule has 21 heavy (non-hydrogen) atoms. The molecule has 0 spiro atoms. The molecule has 0 fully saturated rings. The van der Waals surface area contributed by atoms with Crippen molar-refractivity contribution in [2.75, 3.05) is 11.9 Å². The van der Waals surface area contributed by atoms with E-state index in [1.165, 1.54) is 22.4 Å². The highest BCUT2D eigenvalue weighted by Crippen LogP contribution is 2.20. The van der Waals surface area contributed by atoms with Crippen LogP contribution in [0.1, 0.15) is 30.5 Å². The Balaban J connectivity index is 2.00. The third-order valence-corrected chi connectivity index (χ3v) is 3.57. The van der Waals surface area contributed by atoms with Crippen LogP contribution >= 0.6 is 0 Å². The quantitative estimate of drug-likeness (QED) is 0.810. The highest BCUT2D eigenvalue weighted by molar-refractivity contribution is 5.54. The van der Waals surface area contributed by atoms with Crippen molar-refractivity contribution in [1.82, 2.24) is 0 Å². The summed E-state index contributed by atoms with van der Waals surface area (Å²) in [6, 6.07) is 14.7. The van der Waals surface area contributed by atoms with Crippen molar-refractivity contribution in [2.45, 2.75) is 34.2 Å². The Morgan fingerprint density at radius 3 is 2.57 bits per heavy atom. The van der Waals surface area contributed by atoms with Gasteiger partial charge in [-0.25, -0.2) is 0 Å². The van der Waals surface area contributed by atoms with E-state index in [9.17, 15) is 0 Å². The molecular formula is C19H25NO. The molecule has 0 aromatic heterocycles. The molecule has 0 aliphatic rings. The van der Waals surface area contributed by atoms with E-state index in [0.717, 1.165) is 18.9 Å². The lowest BCUT2D eigenvalue weighted by atomic mass is 10.1. The molecule has 0 radical (unpaired) electrons. The molecule has 0 saturated carbocycles. The van der Waals surface area contributed by atoms with Crippen molar-refractivity contribution in [3.63, 3.8) is 0 Å². The zero-order valence-corrected chi connectivity index (χ0v) is 13.4. The minimum absolute atomic E-state index is 0.543. The summed E-state index contributed by atoms with van der Waals surface area (Å²) in [6.45, 7) is 10.2. The highest BCUT2D eigenvalue weighted by Gasteiger charge is 2.02. The number of ether oxygens (including phenoxy) is 1. The molecule has 1 N–H and O–H groups in total. The molecule has 2 aromatic carbocycles. The van der Waals surface area contributed by atoms with Crippen LogP contribution in [0.4, 0.5) is 5.69 Å². The number of hydrogen-bond donors (Lipinski definition) is 1. The Bertz CT molecular complexity index is 590. The van der Waals surface area contributed by atoms with E-state index in [2.05, 4.69) is 69.4 Å². The molecule has 2 heteroatoms. The fraction of sp³-hybridized carbons (Fsp3) is 0.368. The molecule has 0 heterocycles. The first-order chi connectivity index (χ1) is 10.1. The summed E-state index contributed by atoms with van der Waals surface area (Å²) >= 11 is 0. The van der Waals surface area contributed by atoms with Crippen LogP contribution in [0.2, 0.25) is 0 Å². The zero-order chi connectivity index (χ0) is 15.2. The lowest BCUT2D eigenvalue weighted by Crippen LogP contribution is -2.05. The van der Waals surface area contributed by atoms with Gasteiger partial charge in [0.1, 0.15) is 5.75 Å². The van der Waals surface area contributed by atoms with Gasteiger partial charge in [-0.2, -0.15) is 0 Å². The lowest BCUT2D eigenvalue weighted by molar-refractivity contribution is 0.271. The van der Waals surface area contributed by atoms with Crippen molar-refractivity contribution in [3.8, 4) is 5.75 Å². The van der Waals surface area contributed by atoms with Crippen LogP contribution in [0.25, 0.3) is 0 Å². The van der Waals surface area contributed by atoms with Gasteiger partial charge < -0.3 is 10.1 Å². The second-order valence-corrected chi connectivity index (χ2v) is 5.95. The standard InChI is InChI=1S/C19H25NO/c1-14(2)13-21-18-9-6-8-17(11-18)12-20-19-10-5-7-15(3)16(19)4/h5-11,14,20H,12-13H2,1-4H3. The van der Waals surface area contributed by atoms with Gasteiger partial charge in [0.2, 0.25) is 0 Å². The van der Waals surface area contributed by atoms with Crippen molar-refractivity contribution in [3.05, 3.63) is 59.2 Å². The molecule has 0 bridgehead atoms. The minimum Gasteiger partial charge on any atom is -0.493 e. The molecule has 0 saturated heterocycles. The average Bonchev–Trinajstić information content (AvgIpc) is 2.47. The largest absolute Gasteiger partial charge is 0.493 e. The van der Waals surface area contributed by atoms with Gasteiger partial charge in [-0.15, -0.1) is 0 Å². The molecule has 0 unspecified atom stereocenters. The number of benzene rings is 2. The van der Waals surface area contributed by atoms with E-state index in [4.69, 9.17) is 4.74 Å². The fourth-order valence-corrected chi connectivity index (χ4v) is 2.15. The average molecular weight is 283 g/mol. The molecule has 2 aromatic rings. The van der Waals surface area contributed by atoms with E-state index in [-0.39, 0.29) is 0 Å². The monoisotopic (exact) mass is 283 g/mol. The van der Waals surface area contributed by atoms with E-state index in [1.807, 2.05) is 6.07 Å². The lowest BCUT2D eigenvalue weighted by Gasteiger charge is -2.13. The van der Waals surface area contributed by atoms with E-state index in [0.29, 0.717) is 5.92 Å². The Labute approximate surface area is 128 Å². The molecular weight excluding hydrogens is 258 g/mol. The van der Waals surface area contributed by atoms with Gasteiger partial charge in [-0.1, -0.05) is 38.1 Å². The summed E-state index contributed by atoms with van der Waals surface area (Å²) in [5.41, 5.74) is 5.05. The van der Waals surface area contributed by atoms with Crippen molar-refractivity contribution >= 4 is 5.69 Å². The maximum Gasteiger partial charge on any atom is 0.119 e. The van der Waals surface area contributed by atoms with Crippen LogP contribution in [-0.2, 0) is 6.54 Å². The molecule has 0 atom stereocenters. The van der Waals surface area contributed by atoms with Gasteiger partial charge >= 0.3 is 0 Å². The van der Waals surface area contributed by atoms with E-state index >= 15 is 0 Å². The fourth-order valence-electron chi connectivity index (χ4n) is 2.15. The summed E-state index contributed by atoms with van der Waals surface area (Å²) in [7, 11) is 0. The first-order valence-electron chi connectivity index (χ1n) is 7.58. The number of hydrogen-bond acceptors (Lipinski definition) is 2. The Kier molecular flexibility index (Phi) is 5.26. The van der Waals surface area contributed by atoms with E-state index in [1.54, 1.807) is 0 Å². The number of rotatable bonds is 6. The summed E-state index contributed by atoms with van der Waals surface area (Å²) in [4.78, 5) is 0. The number of anilines is 1. The van der Waals surface area contributed by atoms with Crippen molar-refractivity contribution in [1.29, 1.82) is 0 Å². The van der Waals surface area contributed by atoms with Crippen LogP contribution in [0, 0.1) is 19.8 Å². The first kappa shape index (κ1) is 15.4. The van der Waals surface area contributed by atoms with Crippen LogP contribution < -0.4 is 10.1 Å². The Morgan fingerprint density at radius 1 is 1.05 bits per heavy atom. The smallest absolute Gasteiger partial charge is 0.119 e. The van der Waals surface area contributed by atoms with Crippen LogP contribution in [0.15, 0.2) is 42.5 Å². The molecule has 112 valence electrons. The van der Waals surface area contributed by atoms with Gasteiger partial charge in [0.15, 0.2) is 0 Å². The SMILES string of the molecule is Cc1cccc(NCc2cccc(OCC(C)C)c2)c1C. The van der Waals surface area contributed by atoms with Crippen LogP contribution in [0.3, 0.4) is 0 Å². The summed E-state index contributed by atoms with van der Waals surface area (Å²) in [5.74, 6) is 1.49. The third-order valence-electron chi connectivity index (χ3n) is 3.57. The van der Waals surface area contributed by atoms with Crippen LogP contribution in [-0.4, -0.2) is 6.61 Å². The van der Waals surface area contributed by atoms with Crippen molar-refractivity contribution in [2.24, 2.45) is 5.92 Å². The molecule has 0 aliphatic heterocycles. The Hall–Kier alpha value is -1.96. The molecule has 2 rings (SSSR count). The summed E-state index contributed by atoms with van der Waals surface area (Å²) in [5, 5.41) is 3.51. The maximum absolute atomic E-state index is 5.78. The molecule has 0 amide bonds. The third kappa shape index (κ3) is 4.52. The van der Waals surface area contributed by atoms with Gasteiger partial charge in [0.25, 0.3) is 0 Å². The van der Waals surface area contributed by atoms with Crippen LogP contribution in [0.5, 0.6) is 5.75 Å². The van der Waals surface area contributed by atoms with Crippen molar-refractivity contribution < 1.29 is 4.74 Å². The second-order valence-electron chi connectivity index (χ2n) is 5.95. The number of aryl methyl sites for hydroxylation is 1. The van der Waals surface area contributed by atoms with E-state index < -0.39 is 0 Å².